The average molecular weight is 442 g/mol. The van der Waals surface area contributed by atoms with Crippen molar-refractivity contribution in [2.45, 2.75) is 31.1 Å². The number of thioether (sulfide) groups is 1. The predicted molar refractivity (Wildman–Crippen MR) is 122 cm³/mol. The van der Waals surface area contributed by atoms with Crippen LogP contribution >= 0.6 is 11.8 Å². The Bertz CT molecular complexity index is 1010. The van der Waals surface area contributed by atoms with Gasteiger partial charge in [0.2, 0.25) is 0 Å². The van der Waals surface area contributed by atoms with Crippen molar-refractivity contribution in [3.05, 3.63) is 54.1 Å². The quantitative estimate of drug-likeness (QED) is 0.462. The highest BCUT2D eigenvalue weighted by molar-refractivity contribution is 7.98. The van der Waals surface area contributed by atoms with Crippen LogP contribution in [0.25, 0.3) is 11.1 Å². The summed E-state index contributed by atoms with van der Waals surface area (Å²) in [6.07, 6.45) is 3.27. The van der Waals surface area contributed by atoms with Crippen molar-refractivity contribution in [1.29, 1.82) is 0 Å². The van der Waals surface area contributed by atoms with Crippen molar-refractivity contribution in [3.8, 4) is 16.9 Å². The van der Waals surface area contributed by atoms with Gasteiger partial charge < -0.3 is 14.2 Å². The van der Waals surface area contributed by atoms with E-state index in [9.17, 15) is 4.39 Å². The third-order valence-corrected chi connectivity index (χ3v) is 6.54. The summed E-state index contributed by atoms with van der Waals surface area (Å²) in [6, 6.07) is 13.6. The van der Waals surface area contributed by atoms with E-state index in [1.807, 2.05) is 36.6 Å². The van der Waals surface area contributed by atoms with Gasteiger partial charge in [0, 0.05) is 23.9 Å². The van der Waals surface area contributed by atoms with E-state index in [4.69, 9.17) is 9.26 Å². The molecular formula is C24H28FN3O2S. The number of halogens is 1. The van der Waals surface area contributed by atoms with Crippen LogP contribution in [0.3, 0.4) is 0 Å². The molecule has 1 aliphatic heterocycles. The minimum absolute atomic E-state index is 0.175. The largest absolute Gasteiger partial charge is 0.497 e. The van der Waals surface area contributed by atoms with Crippen LogP contribution in [0.1, 0.15) is 32.0 Å². The first-order valence-electron chi connectivity index (χ1n) is 10.5. The molecule has 1 aromatic heterocycles. The molecule has 2 heterocycles. The van der Waals surface area contributed by atoms with Crippen molar-refractivity contribution in [1.82, 2.24) is 10.1 Å². The lowest BCUT2D eigenvalue weighted by Gasteiger charge is -2.13. The second-order valence-corrected chi connectivity index (χ2v) is 9.18. The molecule has 1 saturated heterocycles. The fourth-order valence-corrected chi connectivity index (χ4v) is 4.23. The molecule has 2 unspecified atom stereocenters. The van der Waals surface area contributed by atoms with E-state index in [0.29, 0.717) is 10.8 Å². The summed E-state index contributed by atoms with van der Waals surface area (Å²) in [5.41, 5.74) is 1.86. The monoisotopic (exact) mass is 441 g/mol. The number of hydrogen-bond acceptors (Lipinski definition) is 6. The Morgan fingerprint density at radius 2 is 1.77 bits per heavy atom. The molecule has 0 N–H and O–H groups in total. The average Bonchev–Trinajstić information content (AvgIpc) is 3.18. The van der Waals surface area contributed by atoms with E-state index in [2.05, 4.69) is 28.9 Å². The number of piperidine rings is 1. The number of aromatic nitrogens is 2. The van der Waals surface area contributed by atoms with Crippen LogP contribution in [0.4, 0.5) is 10.4 Å². The first-order valence-corrected chi connectivity index (χ1v) is 11.8. The Labute approximate surface area is 187 Å². The molecular weight excluding hydrogens is 413 g/mol. The van der Waals surface area contributed by atoms with Crippen LogP contribution in [-0.4, -0.2) is 36.6 Å². The van der Waals surface area contributed by atoms with Crippen molar-refractivity contribution in [2.24, 2.45) is 11.8 Å². The summed E-state index contributed by atoms with van der Waals surface area (Å²) in [5.74, 6) is 3.61. The van der Waals surface area contributed by atoms with Gasteiger partial charge >= 0.3 is 6.01 Å². The molecule has 2 aromatic carbocycles. The highest BCUT2D eigenvalue weighted by Gasteiger charge is 2.46. The minimum Gasteiger partial charge on any atom is -0.497 e. The molecule has 31 heavy (non-hydrogen) atoms. The first-order chi connectivity index (χ1) is 15.0. The molecule has 1 saturated carbocycles. The van der Waals surface area contributed by atoms with Crippen molar-refractivity contribution >= 4 is 17.8 Å². The van der Waals surface area contributed by atoms with Gasteiger partial charge in [-0.05, 0) is 59.9 Å². The maximum atomic E-state index is 13.6. The second-order valence-electron chi connectivity index (χ2n) is 8.33. The van der Waals surface area contributed by atoms with Crippen molar-refractivity contribution < 1.29 is 13.7 Å². The third kappa shape index (κ3) is 5.03. The minimum atomic E-state index is -0.175. The van der Waals surface area contributed by atoms with Gasteiger partial charge in [-0.3, -0.25) is 0 Å². The fraction of sp³-hybridized carbons (Fsp3) is 0.417. The van der Waals surface area contributed by atoms with Gasteiger partial charge in [0.1, 0.15) is 11.6 Å². The first kappa shape index (κ1) is 21.7. The molecule has 0 spiro atoms. The zero-order valence-corrected chi connectivity index (χ0v) is 19.2. The van der Waals surface area contributed by atoms with Gasteiger partial charge in [-0.1, -0.05) is 37.2 Å². The lowest BCUT2D eigenvalue weighted by atomic mass is 10.1. The molecule has 0 radical (unpaired) electrons. The molecule has 3 aromatic rings. The van der Waals surface area contributed by atoms with Crippen LogP contribution in [0.5, 0.6) is 5.75 Å². The molecule has 5 rings (SSSR count). The van der Waals surface area contributed by atoms with E-state index in [0.717, 1.165) is 53.6 Å². The number of rotatable bonds is 5. The number of nitrogens with zero attached hydrogens (tertiary/aromatic N) is 3. The van der Waals surface area contributed by atoms with E-state index in [1.165, 1.54) is 18.2 Å². The number of ether oxygens (including phenoxy) is 1. The molecule has 1 aliphatic carbocycles. The summed E-state index contributed by atoms with van der Waals surface area (Å²) >= 11 is 1.41. The molecule has 0 amide bonds. The maximum Gasteiger partial charge on any atom is 0.324 e. The normalized spacial score (nSPS) is 19.1. The molecule has 164 valence electrons. The molecule has 7 heteroatoms. The van der Waals surface area contributed by atoms with E-state index < -0.39 is 0 Å². The van der Waals surface area contributed by atoms with Crippen LogP contribution in [0, 0.1) is 17.7 Å². The third-order valence-electron chi connectivity index (χ3n) is 5.77. The smallest absolute Gasteiger partial charge is 0.324 e. The summed E-state index contributed by atoms with van der Waals surface area (Å²) in [6.45, 7) is 6.39. The topological polar surface area (TPSA) is 51.4 Å². The van der Waals surface area contributed by atoms with Gasteiger partial charge in [0.15, 0.2) is 5.82 Å². The predicted octanol–water partition coefficient (Wildman–Crippen LogP) is 5.87. The summed E-state index contributed by atoms with van der Waals surface area (Å²) < 4.78 is 24.0. The standard InChI is InChI=1S/C14H13FOS.C10H15N3O/c1-16-12-6-3-10(4-7-12)11-5-8-14(17-2)13(15)9-11;1-6(2)9-11-10(14-12-9)13-4-7-3-8(7)5-13/h3-9H,1-2H3;6-8H,3-5H2,1-2H3. The second kappa shape index (κ2) is 9.30. The van der Waals surface area contributed by atoms with Gasteiger partial charge in [-0.2, -0.15) is 4.98 Å². The Morgan fingerprint density at radius 3 is 2.32 bits per heavy atom. The van der Waals surface area contributed by atoms with Crippen molar-refractivity contribution in [2.75, 3.05) is 31.4 Å². The summed E-state index contributed by atoms with van der Waals surface area (Å²) in [5, 5.41) is 3.97. The van der Waals surface area contributed by atoms with Gasteiger partial charge in [0.05, 0.1) is 7.11 Å². The lowest BCUT2D eigenvalue weighted by molar-refractivity contribution is 0.405. The van der Waals surface area contributed by atoms with Crippen LogP contribution in [0.15, 0.2) is 51.9 Å². The van der Waals surface area contributed by atoms with Gasteiger partial charge in [-0.25, -0.2) is 4.39 Å². The molecule has 2 fully saturated rings. The number of hydrogen-bond donors (Lipinski definition) is 0. The molecule has 2 atom stereocenters. The van der Waals surface area contributed by atoms with Crippen LogP contribution in [0.2, 0.25) is 0 Å². The zero-order chi connectivity index (χ0) is 22.0. The lowest BCUT2D eigenvalue weighted by Crippen LogP contribution is -2.22. The van der Waals surface area contributed by atoms with Gasteiger partial charge in [0.25, 0.3) is 0 Å². The number of anilines is 1. The van der Waals surface area contributed by atoms with E-state index >= 15 is 0 Å². The highest BCUT2D eigenvalue weighted by Crippen LogP contribution is 2.45. The number of benzene rings is 2. The number of methoxy groups -OCH3 is 1. The summed E-state index contributed by atoms with van der Waals surface area (Å²) in [4.78, 5) is 7.28. The van der Waals surface area contributed by atoms with E-state index in [1.54, 1.807) is 19.2 Å². The molecule has 2 aliphatic rings. The van der Waals surface area contributed by atoms with Crippen molar-refractivity contribution in [3.63, 3.8) is 0 Å². The SMILES string of the molecule is CC(C)c1noc(N2CC3CC3C2)n1.COc1ccc(-c2ccc(SC)c(F)c2)cc1. The Kier molecular flexibility index (Phi) is 6.51. The van der Waals surface area contributed by atoms with E-state index in [-0.39, 0.29) is 5.82 Å². The van der Waals surface area contributed by atoms with Crippen LogP contribution in [-0.2, 0) is 0 Å². The Hall–Kier alpha value is -2.54. The van der Waals surface area contributed by atoms with Gasteiger partial charge in [-0.15, -0.1) is 11.8 Å². The summed E-state index contributed by atoms with van der Waals surface area (Å²) in [7, 11) is 1.63. The highest BCUT2D eigenvalue weighted by atomic mass is 32.2. The Morgan fingerprint density at radius 1 is 1.10 bits per heavy atom. The van der Waals surface area contributed by atoms with Crippen LogP contribution < -0.4 is 9.64 Å². The fourth-order valence-electron chi connectivity index (χ4n) is 3.77. The zero-order valence-electron chi connectivity index (χ0n) is 18.3. The number of fused-ring (bicyclic) bond motifs is 1. The molecule has 0 bridgehead atoms. The maximum absolute atomic E-state index is 13.6. The molecule has 5 nitrogen and oxygen atoms in total. The Balaban J connectivity index is 0.000000151.